The van der Waals surface area contributed by atoms with Gasteiger partial charge in [0.2, 0.25) is 0 Å². The van der Waals surface area contributed by atoms with E-state index in [2.05, 4.69) is 35.6 Å². The van der Waals surface area contributed by atoms with Crippen molar-refractivity contribution in [2.45, 2.75) is 33.2 Å². The van der Waals surface area contributed by atoms with Gasteiger partial charge in [-0.2, -0.15) is 0 Å². The van der Waals surface area contributed by atoms with Crippen molar-refractivity contribution >= 4 is 23.0 Å². The van der Waals surface area contributed by atoms with Gasteiger partial charge in [0.1, 0.15) is 16.5 Å². The molecule has 1 rings (SSSR count). The van der Waals surface area contributed by atoms with Crippen molar-refractivity contribution < 1.29 is 0 Å². The molecule has 88 valence electrons. The van der Waals surface area contributed by atoms with Gasteiger partial charge in [0.05, 0.1) is 12.4 Å². The minimum Gasteiger partial charge on any atom is -0.388 e. The van der Waals surface area contributed by atoms with Gasteiger partial charge < -0.3 is 10.6 Å². The van der Waals surface area contributed by atoms with Crippen LogP contribution in [0.5, 0.6) is 0 Å². The number of hydrogen-bond acceptors (Lipinski definition) is 4. The summed E-state index contributed by atoms with van der Waals surface area (Å²) in [6, 6.07) is 0.454. The van der Waals surface area contributed by atoms with Gasteiger partial charge in [0.25, 0.3) is 0 Å². The Bertz CT molecular complexity index is 350. The second-order valence-corrected chi connectivity index (χ2v) is 4.11. The largest absolute Gasteiger partial charge is 0.388 e. The van der Waals surface area contributed by atoms with Crippen LogP contribution in [0.15, 0.2) is 12.4 Å². The summed E-state index contributed by atoms with van der Waals surface area (Å²) in [6.07, 6.45) is 4.43. The van der Waals surface area contributed by atoms with Gasteiger partial charge in [0.15, 0.2) is 0 Å². The summed E-state index contributed by atoms with van der Waals surface area (Å²) in [7, 11) is 0. The van der Waals surface area contributed by atoms with Crippen LogP contribution < -0.4 is 10.6 Å². The van der Waals surface area contributed by atoms with Gasteiger partial charge in [-0.25, -0.2) is 9.97 Å². The van der Waals surface area contributed by atoms with Crippen LogP contribution in [0.1, 0.15) is 32.9 Å². The molecule has 0 saturated heterocycles. The van der Waals surface area contributed by atoms with Crippen molar-refractivity contribution in [3.8, 4) is 0 Å². The topological polar surface area (TPSA) is 55.0 Å². The molecule has 0 aliphatic carbocycles. The average Bonchev–Trinajstić information content (AvgIpc) is 2.30. The van der Waals surface area contributed by atoms with E-state index in [9.17, 15) is 0 Å². The fourth-order valence-electron chi connectivity index (χ4n) is 1.52. The normalized spacial score (nSPS) is 12.2. The molecule has 0 aromatic carbocycles. The van der Waals surface area contributed by atoms with Gasteiger partial charge in [0, 0.05) is 12.6 Å². The first-order valence-electron chi connectivity index (χ1n) is 5.48. The number of hydrogen-bond donors (Lipinski definition) is 1. The van der Waals surface area contributed by atoms with E-state index in [1.807, 2.05) is 0 Å². The Hall–Kier alpha value is -1.23. The highest BCUT2D eigenvalue weighted by atomic mass is 32.1. The molecule has 1 heterocycles. The summed E-state index contributed by atoms with van der Waals surface area (Å²) in [5.74, 6) is 0.872. The second-order valence-electron chi connectivity index (χ2n) is 3.67. The van der Waals surface area contributed by atoms with Gasteiger partial charge >= 0.3 is 0 Å². The molecule has 5 heteroatoms. The summed E-state index contributed by atoms with van der Waals surface area (Å²) in [5, 5.41) is 0. The molecular weight excluding hydrogens is 220 g/mol. The number of aromatic nitrogens is 2. The molecule has 0 aliphatic heterocycles. The summed E-state index contributed by atoms with van der Waals surface area (Å²) in [5.41, 5.74) is 6.04. The SMILES string of the molecule is CCC(C)N(CC)c1cnc(C(N)=S)cn1. The molecule has 16 heavy (non-hydrogen) atoms. The van der Waals surface area contributed by atoms with Crippen molar-refractivity contribution in [3.63, 3.8) is 0 Å². The maximum absolute atomic E-state index is 5.47. The van der Waals surface area contributed by atoms with E-state index in [-0.39, 0.29) is 4.99 Å². The van der Waals surface area contributed by atoms with E-state index in [0.29, 0.717) is 11.7 Å². The molecule has 0 aliphatic rings. The van der Waals surface area contributed by atoms with Crippen LogP contribution in [0.3, 0.4) is 0 Å². The van der Waals surface area contributed by atoms with Crippen molar-refractivity contribution in [1.82, 2.24) is 9.97 Å². The summed E-state index contributed by atoms with van der Waals surface area (Å²) >= 11 is 4.84. The van der Waals surface area contributed by atoms with Gasteiger partial charge in [-0.05, 0) is 20.3 Å². The zero-order valence-corrected chi connectivity index (χ0v) is 10.8. The predicted octanol–water partition coefficient (Wildman–Crippen LogP) is 1.74. The third-order valence-electron chi connectivity index (χ3n) is 2.65. The van der Waals surface area contributed by atoms with Crippen LogP contribution in [0.25, 0.3) is 0 Å². The molecule has 2 N–H and O–H groups in total. The van der Waals surface area contributed by atoms with Crippen LogP contribution in [-0.2, 0) is 0 Å². The lowest BCUT2D eigenvalue weighted by atomic mass is 10.2. The zero-order chi connectivity index (χ0) is 12.1. The second kappa shape index (κ2) is 5.75. The van der Waals surface area contributed by atoms with Gasteiger partial charge in [-0.3, -0.25) is 0 Å². The number of nitrogens with two attached hydrogens (primary N) is 1. The van der Waals surface area contributed by atoms with Crippen molar-refractivity contribution in [2.24, 2.45) is 5.73 Å². The molecule has 0 amide bonds. The fraction of sp³-hybridized carbons (Fsp3) is 0.545. The summed E-state index contributed by atoms with van der Waals surface area (Å²) in [6.45, 7) is 7.35. The molecule has 0 bridgehead atoms. The molecule has 1 atom stereocenters. The lowest BCUT2D eigenvalue weighted by Crippen LogP contribution is -2.33. The van der Waals surface area contributed by atoms with Crippen molar-refractivity contribution in [3.05, 3.63) is 18.1 Å². The first-order chi connectivity index (χ1) is 7.60. The highest BCUT2D eigenvalue weighted by Gasteiger charge is 2.12. The average molecular weight is 238 g/mol. The Balaban J connectivity index is 2.90. The molecule has 0 radical (unpaired) electrons. The third-order valence-corrected chi connectivity index (χ3v) is 2.86. The van der Waals surface area contributed by atoms with Crippen LogP contribution in [-0.4, -0.2) is 27.5 Å². The number of rotatable bonds is 5. The fourth-order valence-corrected chi connectivity index (χ4v) is 1.62. The van der Waals surface area contributed by atoms with E-state index < -0.39 is 0 Å². The Morgan fingerprint density at radius 2 is 2.12 bits per heavy atom. The zero-order valence-electron chi connectivity index (χ0n) is 9.97. The Kier molecular flexibility index (Phi) is 4.61. The molecular formula is C11H18N4S. The first kappa shape index (κ1) is 12.8. The Morgan fingerprint density at radius 3 is 2.50 bits per heavy atom. The smallest absolute Gasteiger partial charge is 0.147 e. The van der Waals surface area contributed by atoms with E-state index >= 15 is 0 Å². The molecule has 1 unspecified atom stereocenters. The van der Waals surface area contributed by atoms with Crippen LogP contribution in [0.4, 0.5) is 5.82 Å². The molecule has 1 aromatic heterocycles. The standard InChI is InChI=1S/C11H18N4S/c1-4-8(3)15(5-2)10-7-13-9(6-14-10)11(12)16/h6-8H,4-5H2,1-3H3,(H2,12,16). The highest BCUT2D eigenvalue weighted by molar-refractivity contribution is 7.80. The number of anilines is 1. The molecule has 0 spiro atoms. The van der Waals surface area contributed by atoms with Gasteiger partial charge in [-0.1, -0.05) is 19.1 Å². The van der Waals surface area contributed by atoms with Crippen LogP contribution in [0.2, 0.25) is 0 Å². The lowest BCUT2D eigenvalue weighted by Gasteiger charge is -2.27. The van der Waals surface area contributed by atoms with Crippen LogP contribution >= 0.6 is 12.2 Å². The van der Waals surface area contributed by atoms with Crippen LogP contribution in [0, 0.1) is 0 Å². The predicted molar refractivity (Wildman–Crippen MR) is 70.7 cm³/mol. The van der Waals surface area contributed by atoms with Gasteiger partial charge in [-0.15, -0.1) is 0 Å². The first-order valence-corrected chi connectivity index (χ1v) is 5.89. The third kappa shape index (κ3) is 2.88. The minimum absolute atomic E-state index is 0.283. The maximum Gasteiger partial charge on any atom is 0.147 e. The van der Waals surface area contributed by atoms with E-state index in [0.717, 1.165) is 18.8 Å². The van der Waals surface area contributed by atoms with Crippen molar-refractivity contribution in [1.29, 1.82) is 0 Å². The molecule has 0 saturated carbocycles. The highest BCUT2D eigenvalue weighted by Crippen LogP contribution is 2.14. The maximum atomic E-state index is 5.47. The monoisotopic (exact) mass is 238 g/mol. The molecule has 1 aromatic rings. The molecule has 4 nitrogen and oxygen atoms in total. The summed E-state index contributed by atoms with van der Waals surface area (Å²) < 4.78 is 0. The number of thiocarbonyl (C=S) groups is 1. The van der Waals surface area contributed by atoms with E-state index in [1.54, 1.807) is 12.4 Å². The van der Waals surface area contributed by atoms with E-state index in [4.69, 9.17) is 18.0 Å². The Labute approximate surface area is 102 Å². The van der Waals surface area contributed by atoms with Crippen molar-refractivity contribution in [2.75, 3.05) is 11.4 Å². The summed E-state index contributed by atoms with van der Waals surface area (Å²) in [4.78, 5) is 11.0. The molecule has 0 fully saturated rings. The Morgan fingerprint density at radius 1 is 1.44 bits per heavy atom. The minimum atomic E-state index is 0.283. The van der Waals surface area contributed by atoms with E-state index in [1.165, 1.54) is 0 Å². The quantitative estimate of drug-likeness (QED) is 0.792. The lowest BCUT2D eigenvalue weighted by molar-refractivity contribution is 0.622. The number of nitrogens with zero attached hydrogens (tertiary/aromatic N) is 3.